The number of piperidine rings is 3. The van der Waals surface area contributed by atoms with Crippen LogP contribution in [0, 0.1) is 11.8 Å². The Hall–Kier alpha value is -4.08. The molecule has 3 saturated heterocycles. The lowest BCUT2D eigenvalue weighted by molar-refractivity contribution is -0.149. The highest BCUT2D eigenvalue weighted by molar-refractivity contribution is 6.18. The fourth-order valence-electron chi connectivity index (χ4n) is 7.64. The van der Waals surface area contributed by atoms with Crippen LogP contribution < -0.4 is 14.4 Å². The van der Waals surface area contributed by atoms with E-state index in [1.54, 1.807) is 41.3 Å². The molecule has 10 heteroatoms. The van der Waals surface area contributed by atoms with E-state index in [1.807, 2.05) is 4.90 Å². The molecule has 40 heavy (non-hydrogen) atoms. The second-order valence-corrected chi connectivity index (χ2v) is 11.4. The van der Waals surface area contributed by atoms with Gasteiger partial charge in [0.05, 0.1) is 31.0 Å². The van der Waals surface area contributed by atoms with Crippen molar-refractivity contribution < 1.29 is 28.7 Å². The standard InChI is InChI=1S/C30H32N4O6/c1-39-23-11-10-20-26(27(23)40-2)30(38)34-22-7-4-3-6-19(22)29(37)33(28(20)34)16-25(36)31-13-17-12-18(15-31)21-8-5-9-24(35)32(21)14-17/h3-4,6-7,10-11,17-18,21,28H,5,8-9,12-16H2,1-2H3/t17-,18+,21+,28+/m1/s1. The zero-order chi connectivity index (χ0) is 27.7. The van der Waals surface area contributed by atoms with Crippen LogP contribution >= 0.6 is 0 Å². The van der Waals surface area contributed by atoms with Crippen molar-refractivity contribution in [3.63, 3.8) is 0 Å². The third-order valence-corrected chi connectivity index (χ3v) is 9.32. The Morgan fingerprint density at radius 3 is 2.60 bits per heavy atom. The number of hydrogen-bond acceptors (Lipinski definition) is 6. The molecule has 7 rings (SSSR count). The first-order chi connectivity index (χ1) is 19.4. The summed E-state index contributed by atoms with van der Waals surface area (Å²) in [6, 6.07) is 10.7. The van der Waals surface area contributed by atoms with Gasteiger partial charge in [0.2, 0.25) is 11.8 Å². The van der Waals surface area contributed by atoms with E-state index in [4.69, 9.17) is 9.47 Å². The van der Waals surface area contributed by atoms with Gasteiger partial charge >= 0.3 is 0 Å². The molecular formula is C30H32N4O6. The second-order valence-electron chi connectivity index (χ2n) is 11.4. The number of anilines is 1. The Morgan fingerprint density at radius 1 is 0.975 bits per heavy atom. The maximum absolute atomic E-state index is 13.9. The summed E-state index contributed by atoms with van der Waals surface area (Å²) in [5.41, 5.74) is 1.83. The third-order valence-electron chi connectivity index (χ3n) is 9.32. The first kappa shape index (κ1) is 24.9. The number of ether oxygens (including phenoxy) is 2. The molecule has 5 heterocycles. The lowest BCUT2D eigenvalue weighted by Crippen LogP contribution is -2.62. The van der Waals surface area contributed by atoms with E-state index in [0.717, 1.165) is 19.3 Å². The van der Waals surface area contributed by atoms with E-state index in [1.165, 1.54) is 19.1 Å². The van der Waals surface area contributed by atoms with Gasteiger partial charge in [-0.25, -0.2) is 0 Å². The van der Waals surface area contributed by atoms with Gasteiger partial charge in [-0.1, -0.05) is 18.2 Å². The molecule has 5 aliphatic rings. The van der Waals surface area contributed by atoms with Crippen LogP contribution in [-0.4, -0.2) is 84.8 Å². The maximum atomic E-state index is 13.9. The summed E-state index contributed by atoms with van der Waals surface area (Å²) in [6.07, 6.45) is 2.74. The largest absolute Gasteiger partial charge is 0.493 e. The van der Waals surface area contributed by atoms with Crippen molar-refractivity contribution in [1.82, 2.24) is 14.7 Å². The van der Waals surface area contributed by atoms with Crippen molar-refractivity contribution in [2.45, 2.75) is 37.9 Å². The molecule has 5 aliphatic heterocycles. The molecule has 0 spiro atoms. The normalized spacial score (nSPS) is 26.7. The zero-order valence-electron chi connectivity index (χ0n) is 22.7. The van der Waals surface area contributed by atoms with E-state index in [9.17, 15) is 19.2 Å². The van der Waals surface area contributed by atoms with E-state index in [-0.39, 0.29) is 48.1 Å². The van der Waals surface area contributed by atoms with Crippen molar-refractivity contribution in [1.29, 1.82) is 0 Å². The number of fused-ring (bicyclic) bond motifs is 9. The molecule has 0 saturated carbocycles. The Balaban J connectivity index is 1.22. The Morgan fingerprint density at radius 2 is 1.80 bits per heavy atom. The summed E-state index contributed by atoms with van der Waals surface area (Å²) in [5, 5.41) is 0. The summed E-state index contributed by atoms with van der Waals surface area (Å²) in [6.45, 7) is 1.69. The predicted molar refractivity (Wildman–Crippen MR) is 144 cm³/mol. The third kappa shape index (κ3) is 3.54. The van der Waals surface area contributed by atoms with Crippen LogP contribution in [0.15, 0.2) is 36.4 Å². The van der Waals surface area contributed by atoms with Gasteiger partial charge in [-0.15, -0.1) is 0 Å². The number of methoxy groups -OCH3 is 2. The second kappa shape index (κ2) is 9.25. The van der Waals surface area contributed by atoms with Crippen molar-refractivity contribution in [3.05, 3.63) is 53.1 Å². The molecule has 4 amide bonds. The molecule has 2 bridgehead atoms. The zero-order valence-corrected chi connectivity index (χ0v) is 22.7. The minimum absolute atomic E-state index is 0.139. The molecule has 0 aromatic heterocycles. The number of benzene rings is 2. The van der Waals surface area contributed by atoms with Crippen LogP contribution in [0.1, 0.15) is 58.1 Å². The topological polar surface area (TPSA) is 99.7 Å². The molecule has 0 N–H and O–H groups in total. The number of hydrogen-bond donors (Lipinski definition) is 0. The van der Waals surface area contributed by atoms with Gasteiger partial charge in [-0.05, 0) is 49.3 Å². The number of likely N-dealkylation sites (tertiary alicyclic amines) is 1. The van der Waals surface area contributed by atoms with Crippen LogP contribution in [0.2, 0.25) is 0 Å². The van der Waals surface area contributed by atoms with Gasteiger partial charge in [0.15, 0.2) is 11.5 Å². The van der Waals surface area contributed by atoms with E-state index < -0.39 is 6.17 Å². The smallest absolute Gasteiger partial charge is 0.264 e. The van der Waals surface area contributed by atoms with E-state index >= 15 is 0 Å². The van der Waals surface area contributed by atoms with Crippen molar-refractivity contribution in [3.8, 4) is 11.5 Å². The molecular weight excluding hydrogens is 512 g/mol. The molecule has 2 aromatic rings. The quantitative estimate of drug-likeness (QED) is 0.587. The first-order valence-electron chi connectivity index (χ1n) is 14.0. The fraction of sp³-hybridized carbons (Fsp3) is 0.467. The van der Waals surface area contributed by atoms with Gasteiger partial charge in [0, 0.05) is 37.7 Å². The van der Waals surface area contributed by atoms with Gasteiger partial charge in [0.25, 0.3) is 11.8 Å². The predicted octanol–water partition coefficient (Wildman–Crippen LogP) is 2.68. The Kier molecular flexibility index (Phi) is 5.76. The number of nitrogens with zero attached hydrogens (tertiary/aromatic N) is 4. The van der Waals surface area contributed by atoms with E-state index in [2.05, 4.69) is 4.90 Å². The maximum Gasteiger partial charge on any atom is 0.264 e. The Bertz CT molecular complexity index is 1440. The highest BCUT2D eigenvalue weighted by Crippen LogP contribution is 2.49. The summed E-state index contributed by atoms with van der Waals surface area (Å²) in [5.74, 6) is 0.725. The van der Waals surface area contributed by atoms with E-state index in [0.29, 0.717) is 59.9 Å². The molecule has 0 aliphatic carbocycles. The molecule has 0 radical (unpaired) electrons. The number of rotatable bonds is 4. The van der Waals surface area contributed by atoms with Crippen molar-refractivity contribution in [2.75, 3.05) is 45.3 Å². The Labute approximate surface area is 232 Å². The van der Waals surface area contributed by atoms with Crippen LogP contribution in [0.25, 0.3) is 0 Å². The van der Waals surface area contributed by atoms with Crippen LogP contribution in [-0.2, 0) is 9.59 Å². The minimum Gasteiger partial charge on any atom is -0.493 e. The number of amides is 4. The van der Waals surface area contributed by atoms with Gasteiger partial charge in [-0.3, -0.25) is 24.1 Å². The fourth-order valence-corrected chi connectivity index (χ4v) is 7.64. The lowest BCUT2D eigenvalue weighted by Gasteiger charge is -2.52. The molecule has 0 unspecified atom stereocenters. The lowest BCUT2D eigenvalue weighted by atomic mass is 9.76. The minimum atomic E-state index is -0.774. The van der Waals surface area contributed by atoms with Crippen LogP contribution in [0.5, 0.6) is 11.5 Å². The van der Waals surface area contributed by atoms with Gasteiger partial charge < -0.3 is 24.2 Å². The van der Waals surface area contributed by atoms with Crippen molar-refractivity contribution in [2.24, 2.45) is 11.8 Å². The SMILES string of the molecule is COc1ccc2c(c1OC)C(=O)N1c3ccccc3C(=O)N(CC(=O)N3C[C@H]4C[C@@H](C3)[C@@H]3CCCC(=O)N3C4)[C@H]21. The highest BCUT2D eigenvalue weighted by Gasteiger charge is 2.51. The van der Waals surface area contributed by atoms with Gasteiger partial charge in [0.1, 0.15) is 12.7 Å². The monoisotopic (exact) mass is 544 g/mol. The highest BCUT2D eigenvalue weighted by atomic mass is 16.5. The number of carbonyl (C=O) groups is 4. The summed E-state index contributed by atoms with van der Waals surface area (Å²) in [4.78, 5) is 61.3. The molecule has 2 aromatic carbocycles. The average Bonchev–Trinajstić information content (AvgIpc) is 3.27. The van der Waals surface area contributed by atoms with Crippen molar-refractivity contribution >= 4 is 29.3 Å². The van der Waals surface area contributed by atoms with Crippen LogP contribution in [0.4, 0.5) is 5.69 Å². The number of para-hydroxylation sites is 1. The molecule has 208 valence electrons. The molecule has 4 atom stereocenters. The van der Waals surface area contributed by atoms with Gasteiger partial charge in [-0.2, -0.15) is 0 Å². The average molecular weight is 545 g/mol. The molecule has 10 nitrogen and oxygen atoms in total. The summed E-state index contributed by atoms with van der Waals surface area (Å²) in [7, 11) is 2.99. The first-order valence-corrected chi connectivity index (χ1v) is 14.0. The molecule has 3 fully saturated rings. The van der Waals surface area contributed by atoms with Crippen LogP contribution in [0.3, 0.4) is 0 Å². The number of carbonyl (C=O) groups excluding carboxylic acids is 4. The summed E-state index contributed by atoms with van der Waals surface area (Å²) >= 11 is 0. The summed E-state index contributed by atoms with van der Waals surface area (Å²) < 4.78 is 11.0.